The van der Waals surface area contributed by atoms with Crippen molar-refractivity contribution in [3.63, 3.8) is 0 Å². The van der Waals surface area contributed by atoms with E-state index in [1.807, 2.05) is 72.8 Å². The van der Waals surface area contributed by atoms with Crippen molar-refractivity contribution in [1.29, 1.82) is 0 Å². The van der Waals surface area contributed by atoms with Crippen LogP contribution in [0.4, 0.5) is 0 Å². The molecule has 31 heavy (non-hydrogen) atoms. The van der Waals surface area contributed by atoms with E-state index in [4.69, 9.17) is 9.47 Å². The van der Waals surface area contributed by atoms with Crippen LogP contribution in [0.2, 0.25) is 0 Å². The van der Waals surface area contributed by atoms with Gasteiger partial charge in [0.1, 0.15) is 30.4 Å². The average Bonchev–Trinajstić information content (AvgIpc) is 3.37. The van der Waals surface area contributed by atoms with Gasteiger partial charge < -0.3 is 9.47 Å². The topological polar surface area (TPSA) is 72.9 Å². The molecule has 0 saturated carbocycles. The van der Waals surface area contributed by atoms with Gasteiger partial charge in [-0.05, 0) is 48.0 Å². The minimum atomic E-state index is 0.417. The lowest BCUT2D eigenvalue weighted by Crippen LogP contribution is -1.99. The number of nitrogens with one attached hydrogen (secondary N) is 1. The summed E-state index contributed by atoms with van der Waals surface area (Å²) in [5.74, 6) is 1.55. The molecule has 0 aliphatic heterocycles. The zero-order valence-electron chi connectivity index (χ0n) is 16.7. The van der Waals surface area contributed by atoms with Crippen LogP contribution in [0.15, 0.2) is 91.1 Å². The van der Waals surface area contributed by atoms with E-state index < -0.39 is 0 Å². The van der Waals surface area contributed by atoms with Crippen molar-refractivity contribution in [2.45, 2.75) is 13.2 Å². The molecule has 0 spiro atoms. The number of nitrogens with zero attached hydrogens (tertiary/aromatic N) is 3. The van der Waals surface area contributed by atoms with Crippen LogP contribution < -0.4 is 9.47 Å². The van der Waals surface area contributed by atoms with Crippen molar-refractivity contribution >= 4 is 10.9 Å². The molecule has 0 atom stereocenters. The van der Waals surface area contributed by atoms with Crippen LogP contribution in [0.3, 0.4) is 0 Å². The SMILES string of the molecule is c1cc(COc2ccc(OCc3ccc4ccccc4n3)cc2)cc(-c2cn[nH]n2)c1. The molecule has 0 aliphatic rings. The fourth-order valence-electron chi connectivity index (χ4n) is 3.31. The number of hydrogen-bond acceptors (Lipinski definition) is 5. The molecule has 3 aromatic carbocycles. The molecule has 0 fully saturated rings. The Morgan fingerprint density at radius 3 is 2.35 bits per heavy atom. The third-order valence-corrected chi connectivity index (χ3v) is 4.91. The first-order valence-corrected chi connectivity index (χ1v) is 9.99. The minimum absolute atomic E-state index is 0.417. The third-order valence-electron chi connectivity index (χ3n) is 4.91. The summed E-state index contributed by atoms with van der Waals surface area (Å²) in [6.45, 7) is 0.882. The van der Waals surface area contributed by atoms with Crippen molar-refractivity contribution in [3.05, 3.63) is 102 Å². The zero-order valence-corrected chi connectivity index (χ0v) is 16.7. The van der Waals surface area contributed by atoms with Gasteiger partial charge in [0.15, 0.2) is 0 Å². The van der Waals surface area contributed by atoms with Gasteiger partial charge in [0, 0.05) is 10.9 Å². The Balaban J connectivity index is 1.18. The average molecular weight is 408 g/mol. The highest BCUT2D eigenvalue weighted by Crippen LogP contribution is 2.22. The fourth-order valence-corrected chi connectivity index (χ4v) is 3.31. The number of aromatic nitrogens is 4. The number of pyridine rings is 1. The van der Waals surface area contributed by atoms with E-state index in [2.05, 4.69) is 32.5 Å². The maximum atomic E-state index is 5.92. The predicted molar refractivity (Wildman–Crippen MR) is 119 cm³/mol. The fraction of sp³-hybridized carbons (Fsp3) is 0.0800. The van der Waals surface area contributed by atoms with Gasteiger partial charge in [-0.15, -0.1) is 0 Å². The van der Waals surface area contributed by atoms with E-state index in [0.29, 0.717) is 13.2 Å². The van der Waals surface area contributed by atoms with Gasteiger partial charge in [-0.2, -0.15) is 15.4 Å². The maximum absolute atomic E-state index is 5.92. The van der Waals surface area contributed by atoms with Crippen LogP contribution in [-0.2, 0) is 13.2 Å². The molecule has 1 N–H and O–H groups in total. The Bertz CT molecular complexity index is 1280. The number of aromatic amines is 1. The zero-order chi connectivity index (χ0) is 20.9. The van der Waals surface area contributed by atoms with Gasteiger partial charge in [-0.3, -0.25) is 0 Å². The summed E-state index contributed by atoms with van der Waals surface area (Å²) >= 11 is 0. The van der Waals surface area contributed by atoms with Crippen LogP contribution in [0.25, 0.3) is 22.2 Å². The lowest BCUT2D eigenvalue weighted by atomic mass is 10.1. The van der Waals surface area contributed by atoms with Crippen molar-refractivity contribution in [2.24, 2.45) is 0 Å². The molecule has 152 valence electrons. The van der Waals surface area contributed by atoms with Crippen LogP contribution in [0, 0.1) is 0 Å². The standard InChI is InChI=1S/C25H20N4O2/c1-2-7-24-19(5-1)8-9-21(27-24)17-31-23-12-10-22(11-13-23)30-16-18-4-3-6-20(14-18)25-15-26-29-28-25/h1-15H,16-17H2,(H,26,28,29). The monoisotopic (exact) mass is 408 g/mol. The molecule has 0 bridgehead atoms. The molecule has 2 aromatic heterocycles. The van der Waals surface area contributed by atoms with Gasteiger partial charge >= 0.3 is 0 Å². The van der Waals surface area contributed by atoms with E-state index in [-0.39, 0.29) is 0 Å². The van der Waals surface area contributed by atoms with E-state index in [0.717, 1.165) is 44.9 Å². The van der Waals surface area contributed by atoms with Crippen LogP contribution >= 0.6 is 0 Å². The van der Waals surface area contributed by atoms with Crippen molar-refractivity contribution in [2.75, 3.05) is 0 Å². The van der Waals surface area contributed by atoms with Gasteiger partial charge in [-0.25, -0.2) is 4.98 Å². The summed E-state index contributed by atoms with van der Waals surface area (Å²) < 4.78 is 11.8. The van der Waals surface area contributed by atoms with Crippen molar-refractivity contribution in [1.82, 2.24) is 20.4 Å². The molecule has 0 saturated heterocycles. The third kappa shape index (κ3) is 4.53. The summed E-state index contributed by atoms with van der Waals surface area (Å²) in [5.41, 5.74) is 4.74. The molecule has 6 heteroatoms. The summed E-state index contributed by atoms with van der Waals surface area (Å²) in [6.07, 6.45) is 1.70. The van der Waals surface area contributed by atoms with Gasteiger partial charge in [0.25, 0.3) is 0 Å². The van der Waals surface area contributed by atoms with E-state index >= 15 is 0 Å². The molecular weight excluding hydrogens is 388 g/mol. The number of H-pyrrole nitrogens is 1. The second-order valence-corrected chi connectivity index (χ2v) is 7.10. The van der Waals surface area contributed by atoms with Gasteiger partial charge in [-0.1, -0.05) is 42.5 Å². The largest absolute Gasteiger partial charge is 0.489 e. The summed E-state index contributed by atoms with van der Waals surface area (Å²) in [6, 6.07) is 27.8. The lowest BCUT2D eigenvalue weighted by molar-refractivity contribution is 0.295. The lowest BCUT2D eigenvalue weighted by Gasteiger charge is -2.10. The Hall–Kier alpha value is -4.19. The van der Waals surface area contributed by atoms with Crippen LogP contribution in [-0.4, -0.2) is 20.4 Å². The molecule has 0 aliphatic carbocycles. The number of rotatable bonds is 7. The maximum Gasteiger partial charge on any atom is 0.130 e. The van der Waals surface area contributed by atoms with Gasteiger partial charge in [0.2, 0.25) is 0 Å². The Labute approximate surface area is 179 Å². The first-order chi connectivity index (χ1) is 15.3. The second kappa shape index (κ2) is 8.67. The van der Waals surface area contributed by atoms with Crippen molar-refractivity contribution < 1.29 is 9.47 Å². The Morgan fingerprint density at radius 2 is 1.55 bits per heavy atom. The number of hydrogen-bond donors (Lipinski definition) is 1. The molecular formula is C25H20N4O2. The number of para-hydroxylation sites is 1. The summed E-state index contributed by atoms with van der Waals surface area (Å²) in [5, 5.41) is 11.7. The van der Waals surface area contributed by atoms with Crippen LogP contribution in [0.1, 0.15) is 11.3 Å². The first kappa shape index (κ1) is 18.8. The Kier molecular flexibility index (Phi) is 5.26. The first-order valence-electron chi connectivity index (χ1n) is 9.99. The smallest absolute Gasteiger partial charge is 0.130 e. The molecule has 6 nitrogen and oxygen atoms in total. The highest BCUT2D eigenvalue weighted by molar-refractivity contribution is 5.78. The van der Waals surface area contributed by atoms with E-state index in [9.17, 15) is 0 Å². The molecule has 2 heterocycles. The molecule has 5 rings (SSSR count). The van der Waals surface area contributed by atoms with Crippen LogP contribution in [0.5, 0.6) is 11.5 Å². The quantitative estimate of drug-likeness (QED) is 0.402. The van der Waals surface area contributed by atoms with E-state index in [1.165, 1.54) is 0 Å². The molecule has 5 aromatic rings. The highest BCUT2D eigenvalue weighted by Gasteiger charge is 2.04. The van der Waals surface area contributed by atoms with Gasteiger partial charge in [0.05, 0.1) is 17.4 Å². The highest BCUT2D eigenvalue weighted by atomic mass is 16.5. The minimum Gasteiger partial charge on any atom is -0.489 e. The summed E-state index contributed by atoms with van der Waals surface area (Å²) in [7, 11) is 0. The Morgan fingerprint density at radius 1 is 0.742 bits per heavy atom. The summed E-state index contributed by atoms with van der Waals surface area (Å²) in [4.78, 5) is 4.64. The van der Waals surface area contributed by atoms with Crippen molar-refractivity contribution in [3.8, 4) is 22.8 Å². The predicted octanol–water partition coefficient (Wildman–Crippen LogP) is 5.18. The molecule has 0 amide bonds. The second-order valence-electron chi connectivity index (χ2n) is 7.10. The number of ether oxygens (including phenoxy) is 2. The molecule has 0 unspecified atom stereocenters. The van der Waals surface area contributed by atoms with E-state index in [1.54, 1.807) is 6.20 Å². The number of benzene rings is 3. The normalized spacial score (nSPS) is 10.8. The molecule has 0 radical (unpaired) electrons. The number of fused-ring (bicyclic) bond motifs is 1.